The van der Waals surface area contributed by atoms with Gasteiger partial charge in [0.1, 0.15) is 0 Å². The third-order valence-electron chi connectivity index (χ3n) is 4.02. The number of hydrazine groups is 1. The van der Waals surface area contributed by atoms with E-state index in [0.717, 1.165) is 17.0 Å². The van der Waals surface area contributed by atoms with Gasteiger partial charge >= 0.3 is 0 Å². The van der Waals surface area contributed by atoms with Crippen LogP contribution in [0.3, 0.4) is 0 Å². The third kappa shape index (κ3) is 3.08. The molecule has 2 aromatic rings. The normalized spacial score (nSPS) is 18.2. The minimum Gasteiger partial charge on any atom is -0.271 e. The highest BCUT2D eigenvalue weighted by Gasteiger charge is 2.18. The maximum Gasteiger partial charge on any atom is 0.0794 e. The van der Waals surface area contributed by atoms with E-state index < -0.39 is 0 Å². The molecule has 1 saturated carbocycles. The van der Waals surface area contributed by atoms with E-state index in [1.54, 1.807) is 11.3 Å². The number of hydrogen-bond acceptors (Lipinski definition) is 5. The van der Waals surface area contributed by atoms with E-state index in [0.29, 0.717) is 6.04 Å². The van der Waals surface area contributed by atoms with E-state index >= 15 is 0 Å². The lowest BCUT2D eigenvalue weighted by atomic mass is 9.96. The van der Waals surface area contributed by atoms with Crippen LogP contribution in [0.15, 0.2) is 24.0 Å². The van der Waals surface area contributed by atoms with E-state index in [1.807, 2.05) is 11.7 Å². The third-order valence-corrected chi connectivity index (χ3v) is 4.91. The molecule has 1 unspecified atom stereocenters. The van der Waals surface area contributed by atoms with Crippen molar-refractivity contribution < 1.29 is 0 Å². The Bertz CT molecular complexity index is 515. The molecule has 0 amide bonds. The summed E-state index contributed by atoms with van der Waals surface area (Å²) in [4.78, 5) is 5.26. The van der Waals surface area contributed by atoms with Crippen molar-refractivity contribution in [1.82, 2.24) is 20.2 Å². The van der Waals surface area contributed by atoms with Gasteiger partial charge in [0.25, 0.3) is 0 Å². The van der Waals surface area contributed by atoms with Gasteiger partial charge in [-0.1, -0.05) is 19.3 Å². The summed E-state index contributed by atoms with van der Waals surface area (Å²) < 4.78 is 2.15. The van der Waals surface area contributed by atoms with Gasteiger partial charge in [-0.15, -0.1) is 11.3 Å². The van der Waals surface area contributed by atoms with Crippen molar-refractivity contribution in [1.29, 1.82) is 0 Å². The minimum absolute atomic E-state index is 0.0946. The fraction of sp³-hybridized carbons (Fsp3) is 0.571. The Labute approximate surface area is 123 Å². The first-order valence-corrected chi connectivity index (χ1v) is 8.13. The number of nitrogens with one attached hydrogen (secondary N) is 1. The van der Waals surface area contributed by atoms with Crippen LogP contribution in [0.2, 0.25) is 0 Å². The highest BCUT2D eigenvalue weighted by Crippen LogP contribution is 2.28. The molecule has 1 aliphatic carbocycles. The fourth-order valence-corrected chi connectivity index (χ4v) is 3.56. The molecule has 0 spiro atoms. The lowest BCUT2D eigenvalue weighted by Gasteiger charge is -2.21. The monoisotopic (exact) mass is 291 g/mol. The SMILES string of the molecule is NNC(Cc1ccn(C2CCCCC2)n1)c1cncs1. The van der Waals surface area contributed by atoms with Crippen molar-refractivity contribution in [2.24, 2.45) is 5.84 Å². The van der Waals surface area contributed by atoms with E-state index in [4.69, 9.17) is 10.9 Å². The lowest BCUT2D eigenvalue weighted by Crippen LogP contribution is -2.29. The number of hydrogen-bond donors (Lipinski definition) is 2. The van der Waals surface area contributed by atoms with Gasteiger partial charge in [-0.25, -0.2) is 0 Å². The van der Waals surface area contributed by atoms with Crippen LogP contribution in [0.25, 0.3) is 0 Å². The van der Waals surface area contributed by atoms with Crippen molar-refractivity contribution in [2.75, 3.05) is 0 Å². The van der Waals surface area contributed by atoms with Crippen molar-refractivity contribution in [3.63, 3.8) is 0 Å². The topological polar surface area (TPSA) is 68.8 Å². The highest BCUT2D eigenvalue weighted by atomic mass is 32.1. The molecular formula is C14H21N5S. The summed E-state index contributed by atoms with van der Waals surface area (Å²) in [6.07, 6.45) is 11.3. The smallest absolute Gasteiger partial charge is 0.0794 e. The first-order valence-electron chi connectivity index (χ1n) is 7.25. The van der Waals surface area contributed by atoms with Gasteiger partial charge in [0.15, 0.2) is 0 Å². The molecule has 2 heterocycles. The molecule has 0 saturated heterocycles. The molecule has 0 radical (unpaired) electrons. The largest absolute Gasteiger partial charge is 0.271 e. The summed E-state index contributed by atoms with van der Waals surface area (Å²) >= 11 is 1.62. The number of aromatic nitrogens is 3. The van der Waals surface area contributed by atoms with E-state index in [-0.39, 0.29) is 6.04 Å². The first kappa shape index (κ1) is 13.7. The quantitative estimate of drug-likeness (QED) is 0.656. The van der Waals surface area contributed by atoms with Gasteiger partial charge < -0.3 is 0 Å². The molecule has 0 aromatic carbocycles. The van der Waals surface area contributed by atoms with Crippen LogP contribution < -0.4 is 11.3 Å². The highest BCUT2D eigenvalue weighted by molar-refractivity contribution is 7.09. The van der Waals surface area contributed by atoms with Crippen molar-refractivity contribution >= 4 is 11.3 Å². The predicted octanol–water partition coefficient (Wildman–Crippen LogP) is 2.59. The number of nitrogens with zero attached hydrogens (tertiary/aromatic N) is 3. The van der Waals surface area contributed by atoms with Crippen molar-refractivity contribution in [2.45, 2.75) is 50.6 Å². The second-order valence-corrected chi connectivity index (χ2v) is 6.32. The van der Waals surface area contributed by atoms with Gasteiger partial charge in [0.05, 0.1) is 23.3 Å². The summed E-state index contributed by atoms with van der Waals surface area (Å²) in [5.41, 5.74) is 5.79. The van der Waals surface area contributed by atoms with Crippen LogP contribution in [0.5, 0.6) is 0 Å². The second kappa shape index (κ2) is 6.47. The maximum absolute atomic E-state index is 5.66. The molecule has 5 nitrogen and oxygen atoms in total. The molecule has 1 aliphatic rings. The van der Waals surface area contributed by atoms with Crippen LogP contribution in [0.4, 0.5) is 0 Å². The Balaban J connectivity index is 1.67. The van der Waals surface area contributed by atoms with Crippen LogP contribution in [0.1, 0.15) is 54.8 Å². The van der Waals surface area contributed by atoms with Crippen LogP contribution in [-0.4, -0.2) is 14.8 Å². The summed E-state index contributed by atoms with van der Waals surface area (Å²) in [5, 5.41) is 4.74. The fourth-order valence-electron chi connectivity index (χ4n) is 2.88. The number of thiazole rings is 1. The Morgan fingerprint density at radius 3 is 2.95 bits per heavy atom. The first-order chi connectivity index (χ1) is 9.86. The van der Waals surface area contributed by atoms with E-state index in [1.165, 1.54) is 32.1 Å². The number of rotatable bonds is 5. The molecule has 1 fully saturated rings. The second-order valence-electron chi connectivity index (χ2n) is 5.41. The average Bonchev–Trinajstić information content (AvgIpc) is 3.17. The number of nitrogens with two attached hydrogens (primary N) is 1. The van der Waals surface area contributed by atoms with Gasteiger partial charge in [0, 0.05) is 23.7 Å². The zero-order chi connectivity index (χ0) is 13.8. The zero-order valence-electron chi connectivity index (χ0n) is 11.5. The molecule has 108 valence electrons. The van der Waals surface area contributed by atoms with Gasteiger partial charge in [-0.3, -0.25) is 20.9 Å². The van der Waals surface area contributed by atoms with Gasteiger partial charge in [0.2, 0.25) is 0 Å². The molecule has 20 heavy (non-hydrogen) atoms. The molecular weight excluding hydrogens is 270 g/mol. The molecule has 1 atom stereocenters. The summed E-state index contributed by atoms with van der Waals surface area (Å²) in [6.45, 7) is 0. The van der Waals surface area contributed by atoms with Crippen molar-refractivity contribution in [3.05, 3.63) is 34.5 Å². The van der Waals surface area contributed by atoms with E-state index in [2.05, 4.69) is 27.4 Å². The predicted molar refractivity (Wildman–Crippen MR) is 80.2 cm³/mol. The minimum atomic E-state index is 0.0946. The maximum atomic E-state index is 5.66. The van der Waals surface area contributed by atoms with Crippen LogP contribution in [-0.2, 0) is 6.42 Å². The van der Waals surface area contributed by atoms with Crippen LogP contribution in [0, 0.1) is 0 Å². The Morgan fingerprint density at radius 2 is 2.25 bits per heavy atom. The molecule has 3 rings (SSSR count). The van der Waals surface area contributed by atoms with E-state index in [9.17, 15) is 0 Å². The Morgan fingerprint density at radius 1 is 1.40 bits per heavy atom. The van der Waals surface area contributed by atoms with Crippen molar-refractivity contribution in [3.8, 4) is 0 Å². The molecule has 3 N–H and O–H groups in total. The summed E-state index contributed by atoms with van der Waals surface area (Å²) in [5.74, 6) is 5.66. The molecule has 0 aliphatic heterocycles. The summed E-state index contributed by atoms with van der Waals surface area (Å²) in [6, 6.07) is 2.79. The Kier molecular flexibility index (Phi) is 4.44. The molecule has 2 aromatic heterocycles. The average molecular weight is 291 g/mol. The van der Waals surface area contributed by atoms with Gasteiger partial charge in [-0.2, -0.15) is 5.10 Å². The van der Waals surface area contributed by atoms with Gasteiger partial charge in [-0.05, 0) is 18.9 Å². The van der Waals surface area contributed by atoms with Crippen LogP contribution >= 0.6 is 11.3 Å². The zero-order valence-corrected chi connectivity index (χ0v) is 12.4. The standard InChI is InChI=1S/C14H21N5S/c15-17-13(14-9-16-10-20-14)8-11-6-7-19(18-11)12-4-2-1-3-5-12/h6-7,9-10,12-13,17H,1-5,8,15H2. The molecule has 0 bridgehead atoms. The lowest BCUT2D eigenvalue weighted by molar-refractivity contribution is 0.327. The summed E-state index contributed by atoms with van der Waals surface area (Å²) in [7, 11) is 0. The Hall–Kier alpha value is -1.24. The molecule has 6 heteroatoms.